The lowest BCUT2D eigenvalue weighted by Crippen LogP contribution is -2.14. The number of benzene rings is 1. The summed E-state index contributed by atoms with van der Waals surface area (Å²) in [5.74, 6) is 0.739. The van der Waals surface area contributed by atoms with Crippen molar-refractivity contribution >= 4 is 23.2 Å². The molecule has 0 saturated heterocycles. The molecular weight excluding hydrogens is 296 g/mol. The molecule has 1 saturated carbocycles. The van der Waals surface area contributed by atoms with Crippen molar-refractivity contribution in [3.63, 3.8) is 0 Å². The maximum absolute atomic E-state index is 4.79. The molecular formula is C20H22N4. The summed E-state index contributed by atoms with van der Waals surface area (Å²) in [5.41, 5.74) is 3.15. The van der Waals surface area contributed by atoms with Gasteiger partial charge in [-0.2, -0.15) is 5.10 Å². The summed E-state index contributed by atoms with van der Waals surface area (Å²) in [4.78, 5) is 9.28. The lowest BCUT2D eigenvalue weighted by molar-refractivity contribution is 0.335. The van der Waals surface area contributed by atoms with Crippen LogP contribution >= 0.6 is 0 Å². The Morgan fingerprint density at radius 2 is 1.83 bits per heavy atom. The summed E-state index contributed by atoms with van der Waals surface area (Å²) in [5, 5.41) is 5.83. The minimum absolute atomic E-state index is 0.482. The number of hydrogen-bond acceptors (Lipinski definition) is 3. The van der Waals surface area contributed by atoms with Gasteiger partial charge in [-0.3, -0.25) is 0 Å². The first kappa shape index (κ1) is 15.1. The second-order valence-electron chi connectivity index (χ2n) is 6.53. The summed E-state index contributed by atoms with van der Waals surface area (Å²) in [6, 6.07) is 10.7. The third-order valence-electron chi connectivity index (χ3n) is 4.80. The second kappa shape index (κ2) is 6.56. The number of aromatic nitrogens is 4. The lowest BCUT2D eigenvalue weighted by Gasteiger charge is -2.22. The van der Waals surface area contributed by atoms with Gasteiger partial charge in [-0.05, 0) is 31.4 Å². The molecule has 1 aliphatic rings. The van der Waals surface area contributed by atoms with Gasteiger partial charge in [0.15, 0.2) is 11.5 Å². The van der Waals surface area contributed by atoms with Crippen molar-refractivity contribution in [2.45, 2.75) is 45.1 Å². The monoisotopic (exact) mass is 318 g/mol. The largest absolute Gasteiger partial charge is 0.244 e. The maximum atomic E-state index is 4.79. The van der Waals surface area contributed by atoms with E-state index in [1.807, 2.05) is 37.4 Å². The van der Waals surface area contributed by atoms with Gasteiger partial charge in [0.1, 0.15) is 0 Å². The Labute approximate surface area is 142 Å². The smallest absolute Gasteiger partial charge is 0.162 e. The first-order chi connectivity index (χ1) is 11.8. The van der Waals surface area contributed by atoms with E-state index in [2.05, 4.69) is 27.9 Å². The molecule has 4 rings (SSSR count). The Balaban J connectivity index is 1.70. The van der Waals surface area contributed by atoms with Crippen LogP contribution in [0.25, 0.3) is 23.2 Å². The zero-order chi connectivity index (χ0) is 16.4. The SMILES string of the molecule is Cc1nn(C2CCCCC2)c2nc(C=Cc3ccccc3)ncc12. The molecule has 24 heavy (non-hydrogen) atoms. The van der Waals surface area contributed by atoms with Gasteiger partial charge >= 0.3 is 0 Å². The number of rotatable bonds is 3. The van der Waals surface area contributed by atoms with E-state index in [1.165, 1.54) is 32.1 Å². The van der Waals surface area contributed by atoms with Crippen molar-refractivity contribution in [3.8, 4) is 0 Å². The minimum Gasteiger partial charge on any atom is -0.244 e. The van der Waals surface area contributed by atoms with Crippen LogP contribution in [-0.2, 0) is 0 Å². The predicted octanol–water partition coefficient (Wildman–Crippen LogP) is 4.81. The van der Waals surface area contributed by atoms with Gasteiger partial charge in [0, 0.05) is 6.20 Å². The van der Waals surface area contributed by atoms with Gasteiger partial charge in [-0.25, -0.2) is 14.6 Å². The van der Waals surface area contributed by atoms with Crippen LogP contribution in [-0.4, -0.2) is 19.7 Å². The van der Waals surface area contributed by atoms with Crippen LogP contribution < -0.4 is 0 Å². The molecule has 1 aliphatic carbocycles. The lowest BCUT2D eigenvalue weighted by atomic mass is 9.96. The first-order valence-corrected chi connectivity index (χ1v) is 8.76. The van der Waals surface area contributed by atoms with Crippen LogP contribution in [0.5, 0.6) is 0 Å². The van der Waals surface area contributed by atoms with E-state index in [4.69, 9.17) is 10.1 Å². The molecule has 1 aromatic carbocycles. The number of nitrogens with zero attached hydrogens (tertiary/aromatic N) is 4. The average Bonchev–Trinajstić information content (AvgIpc) is 2.98. The molecule has 0 unspecified atom stereocenters. The van der Waals surface area contributed by atoms with Gasteiger partial charge < -0.3 is 0 Å². The zero-order valence-electron chi connectivity index (χ0n) is 14.0. The van der Waals surface area contributed by atoms with Gasteiger partial charge in [-0.15, -0.1) is 0 Å². The molecule has 0 bridgehead atoms. The van der Waals surface area contributed by atoms with E-state index in [-0.39, 0.29) is 0 Å². The Morgan fingerprint density at radius 1 is 1.04 bits per heavy atom. The Hall–Kier alpha value is -2.49. The molecule has 3 aromatic rings. The zero-order valence-corrected chi connectivity index (χ0v) is 14.0. The molecule has 1 fully saturated rings. The molecule has 2 aromatic heterocycles. The maximum Gasteiger partial charge on any atom is 0.162 e. The standard InChI is InChI=1S/C20H22N4/c1-15-18-14-21-19(13-12-16-8-4-2-5-9-16)22-20(18)24(23-15)17-10-6-3-7-11-17/h2,4-5,8-9,12-14,17H,3,6-7,10-11H2,1H3. The van der Waals surface area contributed by atoms with E-state index >= 15 is 0 Å². The molecule has 4 heteroatoms. The van der Waals surface area contributed by atoms with Crippen molar-refractivity contribution in [2.75, 3.05) is 0 Å². The quantitative estimate of drug-likeness (QED) is 0.696. The normalized spacial score (nSPS) is 16.2. The number of fused-ring (bicyclic) bond motifs is 1. The summed E-state index contributed by atoms with van der Waals surface area (Å²) < 4.78 is 2.14. The molecule has 122 valence electrons. The highest BCUT2D eigenvalue weighted by Gasteiger charge is 2.20. The highest BCUT2D eigenvalue weighted by Crippen LogP contribution is 2.30. The Bertz CT molecular complexity index is 858. The number of hydrogen-bond donors (Lipinski definition) is 0. The highest BCUT2D eigenvalue weighted by atomic mass is 15.3. The van der Waals surface area contributed by atoms with E-state index < -0.39 is 0 Å². The van der Waals surface area contributed by atoms with Gasteiger partial charge in [0.05, 0.1) is 17.1 Å². The van der Waals surface area contributed by atoms with Crippen LogP contribution in [0.3, 0.4) is 0 Å². The van der Waals surface area contributed by atoms with E-state index in [9.17, 15) is 0 Å². The van der Waals surface area contributed by atoms with Crippen molar-refractivity contribution < 1.29 is 0 Å². The Morgan fingerprint density at radius 3 is 2.62 bits per heavy atom. The minimum atomic E-state index is 0.482. The molecule has 0 aliphatic heterocycles. The fourth-order valence-corrected chi connectivity index (χ4v) is 3.47. The fraction of sp³-hybridized carbons (Fsp3) is 0.350. The second-order valence-corrected chi connectivity index (χ2v) is 6.53. The molecule has 2 heterocycles. The van der Waals surface area contributed by atoms with Crippen molar-refractivity contribution in [1.29, 1.82) is 0 Å². The molecule has 0 radical (unpaired) electrons. The van der Waals surface area contributed by atoms with Crippen molar-refractivity contribution in [3.05, 3.63) is 53.6 Å². The third kappa shape index (κ3) is 2.96. The average molecular weight is 318 g/mol. The molecule has 0 spiro atoms. The van der Waals surface area contributed by atoms with Crippen LogP contribution in [0.2, 0.25) is 0 Å². The van der Waals surface area contributed by atoms with Gasteiger partial charge in [0.25, 0.3) is 0 Å². The molecule has 4 nitrogen and oxygen atoms in total. The summed E-state index contributed by atoms with van der Waals surface area (Å²) in [6.07, 6.45) is 12.3. The Kier molecular flexibility index (Phi) is 4.11. The van der Waals surface area contributed by atoms with Crippen LogP contribution in [0.1, 0.15) is 55.2 Å². The van der Waals surface area contributed by atoms with Crippen LogP contribution in [0.15, 0.2) is 36.5 Å². The third-order valence-corrected chi connectivity index (χ3v) is 4.80. The molecule has 0 N–H and O–H groups in total. The summed E-state index contributed by atoms with van der Waals surface area (Å²) >= 11 is 0. The van der Waals surface area contributed by atoms with Crippen molar-refractivity contribution in [2.24, 2.45) is 0 Å². The predicted molar refractivity (Wildman–Crippen MR) is 97.6 cm³/mol. The topological polar surface area (TPSA) is 43.6 Å². The summed E-state index contributed by atoms with van der Waals surface area (Å²) in [6.45, 7) is 2.05. The molecule has 0 amide bonds. The van der Waals surface area contributed by atoms with E-state index in [1.54, 1.807) is 0 Å². The van der Waals surface area contributed by atoms with Crippen LogP contribution in [0.4, 0.5) is 0 Å². The highest BCUT2D eigenvalue weighted by molar-refractivity contribution is 5.79. The molecule has 0 atom stereocenters. The van der Waals surface area contributed by atoms with Crippen LogP contribution in [0, 0.1) is 6.92 Å². The van der Waals surface area contributed by atoms with E-state index in [0.717, 1.165) is 28.1 Å². The first-order valence-electron chi connectivity index (χ1n) is 8.76. The van der Waals surface area contributed by atoms with Gasteiger partial charge in [0.2, 0.25) is 0 Å². The number of aryl methyl sites for hydroxylation is 1. The summed E-state index contributed by atoms with van der Waals surface area (Å²) in [7, 11) is 0. The van der Waals surface area contributed by atoms with E-state index in [0.29, 0.717) is 6.04 Å². The van der Waals surface area contributed by atoms with Gasteiger partial charge in [-0.1, -0.05) is 55.7 Å². The van der Waals surface area contributed by atoms with Crippen molar-refractivity contribution in [1.82, 2.24) is 19.7 Å². The fourth-order valence-electron chi connectivity index (χ4n) is 3.47.